The zero-order valence-corrected chi connectivity index (χ0v) is 46.7. The molecule has 0 N–H and O–H groups in total. The zero-order chi connectivity index (χ0) is 55.2. The first-order valence-electron chi connectivity index (χ1n) is 27.4. The average molecular weight is 1040 g/mol. The van der Waals surface area contributed by atoms with Gasteiger partial charge in [-0.3, -0.25) is 0 Å². The maximum Gasteiger partial charge on any atom is 0.119 e. The standard InChI is InChI=1S/C76H68N2O2/c1-55(65-25-15-27-73(53-65)79-5)17-13-23-59-29-39-69(40-30-59)77(71-43-33-63(34-44-71)51-61-19-9-7-10-20-61)75-47-37-67(49-57(75)3)68-38-48-76(58(4)50-68)78(72-45-35-64(36-46-72)52-62-21-11-8-12-22-62)70-41-31-60(32-42-70)24-14-18-56(2)66-26-16-28-74(54-66)80-6/h7-50,53-54H,51-52H2,1-6H3. The second-order valence-corrected chi connectivity index (χ2v) is 20.4. The van der Waals surface area contributed by atoms with Gasteiger partial charge in [0.1, 0.15) is 11.5 Å². The number of hydrogen-bond acceptors (Lipinski definition) is 4. The lowest BCUT2D eigenvalue weighted by atomic mass is 9.98. The van der Waals surface area contributed by atoms with E-state index in [9.17, 15) is 0 Å². The van der Waals surface area contributed by atoms with E-state index in [1.165, 1.54) is 55.7 Å². The van der Waals surface area contributed by atoms with Gasteiger partial charge < -0.3 is 19.3 Å². The van der Waals surface area contributed by atoms with E-state index in [-0.39, 0.29) is 0 Å². The minimum absolute atomic E-state index is 0.854. The van der Waals surface area contributed by atoms with Crippen molar-refractivity contribution in [3.63, 3.8) is 0 Å². The quantitative estimate of drug-likeness (QED) is 0.0754. The summed E-state index contributed by atoms with van der Waals surface area (Å²) in [6.45, 7) is 8.71. The van der Waals surface area contributed by atoms with Crippen LogP contribution in [0.15, 0.2) is 267 Å². The van der Waals surface area contributed by atoms with Crippen molar-refractivity contribution in [2.45, 2.75) is 40.5 Å². The van der Waals surface area contributed by atoms with Crippen LogP contribution in [0, 0.1) is 13.8 Å². The summed E-state index contributed by atoms with van der Waals surface area (Å²) in [5.41, 5.74) is 23.3. The number of allylic oxidation sites excluding steroid dienone is 6. The molecule has 0 spiro atoms. The molecule has 0 bridgehead atoms. The van der Waals surface area contributed by atoms with Crippen molar-refractivity contribution >= 4 is 57.4 Å². The number of aryl methyl sites for hydroxylation is 2. The summed E-state index contributed by atoms with van der Waals surface area (Å²) in [7, 11) is 3.41. The maximum atomic E-state index is 5.46. The minimum Gasteiger partial charge on any atom is -0.497 e. The summed E-state index contributed by atoms with van der Waals surface area (Å²) < 4.78 is 10.9. The Labute approximate surface area is 474 Å². The van der Waals surface area contributed by atoms with E-state index >= 15 is 0 Å². The van der Waals surface area contributed by atoms with E-state index in [1.807, 2.05) is 24.3 Å². The smallest absolute Gasteiger partial charge is 0.119 e. The van der Waals surface area contributed by atoms with Gasteiger partial charge in [0, 0.05) is 34.1 Å². The van der Waals surface area contributed by atoms with E-state index < -0.39 is 0 Å². The molecule has 10 aromatic rings. The van der Waals surface area contributed by atoms with Crippen LogP contribution in [0.5, 0.6) is 11.5 Å². The predicted molar refractivity (Wildman–Crippen MR) is 341 cm³/mol. The van der Waals surface area contributed by atoms with Gasteiger partial charge in [-0.1, -0.05) is 182 Å². The van der Waals surface area contributed by atoms with E-state index in [0.717, 1.165) is 80.7 Å². The van der Waals surface area contributed by atoms with E-state index in [1.54, 1.807) is 14.2 Å². The van der Waals surface area contributed by atoms with Crippen LogP contribution in [0.2, 0.25) is 0 Å². The Morgan fingerprint density at radius 1 is 0.362 bits per heavy atom. The molecular formula is C76H68N2O2. The van der Waals surface area contributed by atoms with Gasteiger partial charge in [-0.25, -0.2) is 0 Å². The summed E-state index contributed by atoms with van der Waals surface area (Å²) in [4.78, 5) is 4.76. The molecule has 0 unspecified atom stereocenters. The third-order valence-corrected chi connectivity index (χ3v) is 14.7. The fraction of sp³-hybridized carbons (Fsp3) is 0.105. The monoisotopic (exact) mass is 1040 g/mol. The topological polar surface area (TPSA) is 24.9 Å². The molecule has 0 aliphatic rings. The van der Waals surface area contributed by atoms with Gasteiger partial charge in [-0.2, -0.15) is 0 Å². The molecule has 10 rings (SSSR count). The Bertz CT molecular complexity index is 3540. The van der Waals surface area contributed by atoms with E-state index in [0.29, 0.717) is 0 Å². The molecule has 0 saturated heterocycles. The molecule has 0 amide bonds. The third-order valence-electron chi connectivity index (χ3n) is 14.7. The number of rotatable bonds is 19. The average Bonchev–Trinajstić information content (AvgIpc) is 3.53. The molecule has 0 aliphatic carbocycles. The van der Waals surface area contributed by atoms with Crippen LogP contribution in [-0.4, -0.2) is 14.2 Å². The lowest BCUT2D eigenvalue weighted by Gasteiger charge is -2.28. The Kier molecular flexibility index (Phi) is 17.2. The summed E-state index contributed by atoms with van der Waals surface area (Å²) in [6.07, 6.45) is 14.6. The number of methoxy groups -OCH3 is 2. The van der Waals surface area contributed by atoms with Crippen LogP contribution >= 0.6 is 0 Å². The van der Waals surface area contributed by atoms with Gasteiger partial charge in [0.2, 0.25) is 0 Å². The number of ether oxygens (including phenoxy) is 2. The number of benzene rings is 10. The highest BCUT2D eigenvalue weighted by molar-refractivity contribution is 5.84. The first kappa shape index (κ1) is 53.7. The SMILES string of the molecule is COc1cccc(C(C)=CC=Cc2ccc(N(c3ccc(Cc4ccccc4)cc3)c3ccc(-c4ccc(N(c5ccc(C=CC=C(C)c6cccc(OC)c6)cc5)c5ccc(Cc6ccccc6)cc5)c(C)c4)cc3C)cc2)c1. The summed E-state index contributed by atoms with van der Waals surface area (Å²) in [6, 6.07) is 87.2. The van der Waals surface area contributed by atoms with E-state index in [2.05, 4.69) is 292 Å². The fourth-order valence-corrected chi connectivity index (χ4v) is 10.2. The lowest BCUT2D eigenvalue weighted by molar-refractivity contribution is 0.414. The van der Waals surface area contributed by atoms with Crippen LogP contribution in [-0.2, 0) is 12.8 Å². The van der Waals surface area contributed by atoms with Crippen molar-refractivity contribution in [1.29, 1.82) is 0 Å². The molecule has 4 nitrogen and oxygen atoms in total. The minimum atomic E-state index is 0.854. The molecule has 394 valence electrons. The van der Waals surface area contributed by atoms with Crippen molar-refractivity contribution in [2.24, 2.45) is 0 Å². The molecule has 0 heterocycles. The van der Waals surface area contributed by atoms with Gasteiger partial charge in [-0.15, -0.1) is 0 Å². The normalized spacial score (nSPS) is 11.8. The highest BCUT2D eigenvalue weighted by Gasteiger charge is 2.19. The van der Waals surface area contributed by atoms with Crippen molar-refractivity contribution in [2.75, 3.05) is 24.0 Å². The molecule has 4 heteroatoms. The largest absolute Gasteiger partial charge is 0.497 e. The summed E-state index contributed by atoms with van der Waals surface area (Å²) in [5, 5.41) is 0. The summed E-state index contributed by atoms with van der Waals surface area (Å²) in [5.74, 6) is 1.71. The van der Waals surface area contributed by atoms with Crippen LogP contribution in [0.25, 0.3) is 34.4 Å². The first-order chi connectivity index (χ1) is 39.2. The van der Waals surface area contributed by atoms with Crippen LogP contribution in [0.3, 0.4) is 0 Å². The molecule has 80 heavy (non-hydrogen) atoms. The number of anilines is 6. The molecule has 0 aromatic heterocycles. The zero-order valence-electron chi connectivity index (χ0n) is 46.7. The molecule has 0 fully saturated rings. The van der Waals surface area contributed by atoms with Crippen molar-refractivity contribution in [1.82, 2.24) is 0 Å². The first-order valence-corrected chi connectivity index (χ1v) is 27.4. The van der Waals surface area contributed by atoms with Gasteiger partial charge >= 0.3 is 0 Å². The highest BCUT2D eigenvalue weighted by Crippen LogP contribution is 2.41. The van der Waals surface area contributed by atoms with E-state index in [4.69, 9.17) is 9.47 Å². The van der Waals surface area contributed by atoms with Crippen molar-refractivity contribution < 1.29 is 9.47 Å². The molecule has 0 atom stereocenters. The lowest BCUT2D eigenvalue weighted by Crippen LogP contribution is -2.12. The second-order valence-electron chi connectivity index (χ2n) is 20.4. The van der Waals surface area contributed by atoms with Gasteiger partial charge in [0.25, 0.3) is 0 Å². The molecular weight excluding hydrogens is 973 g/mol. The van der Waals surface area contributed by atoms with Crippen molar-refractivity contribution in [3.8, 4) is 22.6 Å². The highest BCUT2D eigenvalue weighted by atomic mass is 16.5. The van der Waals surface area contributed by atoms with Crippen LogP contribution in [0.4, 0.5) is 34.1 Å². The third kappa shape index (κ3) is 13.4. The number of nitrogens with zero attached hydrogens (tertiary/aromatic N) is 2. The van der Waals surface area contributed by atoms with Gasteiger partial charge in [-0.05, 0) is 216 Å². The molecule has 0 radical (unpaired) electrons. The Hall–Kier alpha value is -9.64. The Morgan fingerprint density at radius 2 is 0.713 bits per heavy atom. The predicted octanol–water partition coefficient (Wildman–Crippen LogP) is 20.3. The van der Waals surface area contributed by atoms with Crippen molar-refractivity contribution in [3.05, 3.63) is 323 Å². The molecule has 0 aliphatic heterocycles. The van der Waals surface area contributed by atoms with Crippen LogP contribution < -0.4 is 19.3 Å². The Morgan fingerprint density at radius 3 is 1.06 bits per heavy atom. The van der Waals surface area contributed by atoms with Gasteiger partial charge in [0.15, 0.2) is 0 Å². The maximum absolute atomic E-state index is 5.46. The Balaban J connectivity index is 0.937. The molecule has 10 aromatic carbocycles. The molecule has 0 saturated carbocycles. The van der Waals surface area contributed by atoms with Crippen LogP contribution in [0.1, 0.15) is 69.5 Å². The number of hydrogen-bond donors (Lipinski definition) is 0. The fourth-order valence-electron chi connectivity index (χ4n) is 10.2. The second kappa shape index (κ2) is 25.7. The van der Waals surface area contributed by atoms with Gasteiger partial charge in [0.05, 0.1) is 14.2 Å². The summed E-state index contributed by atoms with van der Waals surface area (Å²) >= 11 is 0.